The van der Waals surface area contributed by atoms with E-state index in [0.717, 1.165) is 36.8 Å². The van der Waals surface area contributed by atoms with E-state index in [4.69, 9.17) is 9.84 Å². The molecule has 5 nitrogen and oxygen atoms in total. The first-order chi connectivity index (χ1) is 14.1. The lowest BCUT2D eigenvalue weighted by Gasteiger charge is -2.34. The van der Waals surface area contributed by atoms with E-state index in [1.807, 2.05) is 6.07 Å². The van der Waals surface area contributed by atoms with Crippen LogP contribution in [0.1, 0.15) is 50.5 Å². The number of piperidine rings is 1. The lowest BCUT2D eigenvalue weighted by atomic mass is 9.83. The zero-order valence-corrected chi connectivity index (χ0v) is 20.3. The fourth-order valence-corrected chi connectivity index (χ4v) is 5.20. The third-order valence-electron chi connectivity index (χ3n) is 6.68. The van der Waals surface area contributed by atoms with Crippen molar-refractivity contribution in [1.82, 2.24) is 10.2 Å². The molecule has 0 atom stereocenters. The lowest BCUT2D eigenvalue weighted by Crippen LogP contribution is -2.40. The van der Waals surface area contributed by atoms with Crippen LogP contribution in [0.5, 0.6) is 5.75 Å². The van der Waals surface area contributed by atoms with E-state index in [9.17, 15) is 4.79 Å². The van der Waals surface area contributed by atoms with Crippen molar-refractivity contribution >= 4 is 34.2 Å². The van der Waals surface area contributed by atoms with Crippen molar-refractivity contribution < 1.29 is 14.6 Å². The second kappa shape index (κ2) is 12.9. The maximum Gasteiger partial charge on any atom is 0.245 e. The van der Waals surface area contributed by atoms with Gasteiger partial charge in [-0.25, -0.2) is 0 Å². The summed E-state index contributed by atoms with van der Waals surface area (Å²) in [7, 11) is 1.73. The highest BCUT2D eigenvalue weighted by molar-refractivity contribution is 9.10. The van der Waals surface area contributed by atoms with Crippen LogP contribution in [-0.2, 0) is 11.2 Å². The Labute approximate surface area is 195 Å². The number of likely N-dealkylation sites (tertiary alicyclic amines) is 1. The van der Waals surface area contributed by atoms with Gasteiger partial charge in [0.15, 0.2) is 0 Å². The molecule has 1 saturated carbocycles. The van der Waals surface area contributed by atoms with Gasteiger partial charge in [-0.2, -0.15) is 0 Å². The SMILES string of the molecule is COc1ccc(Br)c(CC2CCN(CC[C@H]3CC[C@H](NC(=O)CO)CC3)CC2)c1.Cl. The van der Waals surface area contributed by atoms with Crippen LogP contribution in [-0.4, -0.2) is 55.3 Å². The Morgan fingerprint density at radius 3 is 2.50 bits per heavy atom. The molecule has 1 aliphatic heterocycles. The Morgan fingerprint density at radius 1 is 1.17 bits per heavy atom. The lowest BCUT2D eigenvalue weighted by molar-refractivity contribution is -0.124. The van der Waals surface area contributed by atoms with E-state index >= 15 is 0 Å². The quantitative estimate of drug-likeness (QED) is 0.558. The van der Waals surface area contributed by atoms with E-state index in [-0.39, 0.29) is 24.4 Å². The first-order valence-electron chi connectivity index (χ1n) is 11.0. The molecule has 2 aliphatic rings. The van der Waals surface area contributed by atoms with Crippen LogP contribution in [0.25, 0.3) is 0 Å². The number of benzene rings is 1. The van der Waals surface area contributed by atoms with Crippen LogP contribution in [0.15, 0.2) is 22.7 Å². The number of rotatable bonds is 8. The Morgan fingerprint density at radius 2 is 1.87 bits per heavy atom. The van der Waals surface area contributed by atoms with Crippen molar-refractivity contribution in [2.45, 2.75) is 57.4 Å². The minimum Gasteiger partial charge on any atom is -0.497 e. The van der Waals surface area contributed by atoms with Crippen molar-refractivity contribution in [3.63, 3.8) is 0 Å². The average molecular weight is 504 g/mol. The number of hydrogen-bond acceptors (Lipinski definition) is 4. The maximum atomic E-state index is 11.3. The first kappa shape index (κ1) is 25.4. The molecular formula is C23H36BrClN2O3. The molecule has 7 heteroatoms. The zero-order valence-electron chi connectivity index (χ0n) is 17.9. The van der Waals surface area contributed by atoms with Crippen molar-refractivity contribution in [2.75, 3.05) is 33.4 Å². The Hall–Kier alpha value is -0.820. The van der Waals surface area contributed by atoms with E-state index < -0.39 is 6.61 Å². The number of halogens is 2. The van der Waals surface area contributed by atoms with Gasteiger partial charge in [0.25, 0.3) is 0 Å². The second-order valence-corrected chi connectivity index (χ2v) is 9.53. The molecule has 3 rings (SSSR count). The molecule has 1 aliphatic carbocycles. The Balaban J connectivity index is 0.00000320. The van der Waals surface area contributed by atoms with Crippen molar-refractivity contribution in [2.24, 2.45) is 11.8 Å². The Bertz CT molecular complexity index is 660. The van der Waals surface area contributed by atoms with Crippen LogP contribution >= 0.6 is 28.3 Å². The standard InChI is InChI=1S/C23H35BrN2O3.ClH/c1-29-21-6-7-22(24)19(15-21)14-18-9-12-26(13-10-18)11-8-17-2-4-20(5-3-17)25-23(28)16-27;/h6-7,15,17-18,20,27H,2-5,8-14,16H2,1H3,(H,25,28);1H/t17-,20-;. The number of nitrogens with one attached hydrogen (secondary N) is 1. The molecule has 0 aromatic heterocycles. The summed E-state index contributed by atoms with van der Waals surface area (Å²) in [6.45, 7) is 3.21. The van der Waals surface area contributed by atoms with Gasteiger partial charge in [0.1, 0.15) is 12.4 Å². The fraction of sp³-hybridized carbons (Fsp3) is 0.696. The average Bonchev–Trinajstić information content (AvgIpc) is 2.75. The van der Waals surface area contributed by atoms with Gasteiger partial charge in [-0.3, -0.25) is 4.79 Å². The van der Waals surface area contributed by atoms with Crippen LogP contribution in [0, 0.1) is 11.8 Å². The van der Waals surface area contributed by atoms with Gasteiger partial charge in [-0.05, 0) is 107 Å². The summed E-state index contributed by atoms with van der Waals surface area (Å²) in [5.74, 6) is 2.23. The summed E-state index contributed by atoms with van der Waals surface area (Å²) in [6, 6.07) is 6.52. The highest BCUT2D eigenvalue weighted by atomic mass is 79.9. The topological polar surface area (TPSA) is 61.8 Å². The predicted octanol–water partition coefficient (Wildman–Crippen LogP) is 4.19. The minimum absolute atomic E-state index is 0. The molecule has 0 unspecified atom stereocenters. The van der Waals surface area contributed by atoms with Crippen LogP contribution in [0.4, 0.5) is 0 Å². The number of carbonyl (C=O) groups is 1. The summed E-state index contributed by atoms with van der Waals surface area (Å²) in [4.78, 5) is 13.9. The summed E-state index contributed by atoms with van der Waals surface area (Å²) in [5, 5.41) is 11.8. The van der Waals surface area contributed by atoms with Crippen LogP contribution in [0.2, 0.25) is 0 Å². The van der Waals surface area contributed by atoms with Gasteiger partial charge in [-0.15, -0.1) is 12.4 Å². The largest absolute Gasteiger partial charge is 0.497 e. The zero-order chi connectivity index (χ0) is 20.6. The minimum atomic E-state index is -0.398. The summed E-state index contributed by atoms with van der Waals surface area (Å²) in [5.41, 5.74) is 1.35. The summed E-state index contributed by atoms with van der Waals surface area (Å²) < 4.78 is 6.56. The van der Waals surface area contributed by atoms with Gasteiger partial charge in [-0.1, -0.05) is 15.9 Å². The number of aliphatic hydroxyl groups is 1. The van der Waals surface area contributed by atoms with Gasteiger partial charge < -0.3 is 20.1 Å². The molecule has 1 saturated heterocycles. The van der Waals surface area contributed by atoms with Crippen LogP contribution < -0.4 is 10.1 Å². The maximum absolute atomic E-state index is 11.3. The molecule has 2 fully saturated rings. The van der Waals surface area contributed by atoms with E-state index in [0.29, 0.717) is 0 Å². The molecule has 0 spiro atoms. The Kier molecular flexibility index (Phi) is 10.9. The van der Waals surface area contributed by atoms with Gasteiger partial charge in [0.2, 0.25) is 5.91 Å². The smallest absolute Gasteiger partial charge is 0.245 e. The van der Waals surface area contributed by atoms with Crippen LogP contribution in [0.3, 0.4) is 0 Å². The number of methoxy groups -OCH3 is 1. The van der Waals surface area contributed by atoms with E-state index in [2.05, 4.69) is 38.3 Å². The van der Waals surface area contributed by atoms with Gasteiger partial charge >= 0.3 is 0 Å². The monoisotopic (exact) mass is 502 g/mol. The third kappa shape index (κ3) is 7.70. The highest BCUT2D eigenvalue weighted by Crippen LogP contribution is 2.30. The predicted molar refractivity (Wildman–Crippen MR) is 126 cm³/mol. The van der Waals surface area contributed by atoms with Crippen molar-refractivity contribution in [1.29, 1.82) is 0 Å². The second-order valence-electron chi connectivity index (χ2n) is 8.68. The van der Waals surface area contributed by atoms with E-state index in [1.54, 1.807) is 7.11 Å². The number of ether oxygens (including phenoxy) is 1. The highest BCUT2D eigenvalue weighted by Gasteiger charge is 2.24. The van der Waals surface area contributed by atoms with Gasteiger partial charge in [0, 0.05) is 10.5 Å². The molecule has 170 valence electrons. The first-order valence-corrected chi connectivity index (χ1v) is 11.8. The fourth-order valence-electron chi connectivity index (χ4n) is 4.79. The van der Waals surface area contributed by atoms with Gasteiger partial charge in [0.05, 0.1) is 7.11 Å². The summed E-state index contributed by atoms with van der Waals surface area (Å²) in [6.07, 6.45) is 9.41. The molecule has 1 heterocycles. The van der Waals surface area contributed by atoms with E-state index in [1.165, 1.54) is 61.8 Å². The summed E-state index contributed by atoms with van der Waals surface area (Å²) >= 11 is 3.69. The molecular weight excluding hydrogens is 468 g/mol. The van der Waals surface area contributed by atoms with Crippen molar-refractivity contribution in [3.05, 3.63) is 28.2 Å². The van der Waals surface area contributed by atoms with Crippen molar-refractivity contribution in [3.8, 4) is 5.75 Å². The number of aliphatic hydroxyl groups excluding tert-OH is 1. The number of hydrogen-bond donors (Lipinski definition) is 2. The molecule has 2 N–H and O–H groups in total. The number of amides is 1. The normalized spacial score (nSPS) is 22.9. The number of nitrogens with zero attached hydrogens (tertiary/aromatic N) is 1. The molecule has 1 amide bonds. The molecule has 1 aromatic rings. The molecule has 30 heavy (non-hydrogen) atoms. The molecule has 1 aromatic carbocycles. The third-order valence-corrected chi connectivity index (χ3v) is 7.45. The molecule has 0 radical (unpaired) electrons. The number of carbonyl (C=O) groups excluding carboxylic acids is 1. The molecule has 0 bridgehead atoms.